The number of hydrogen-bond acceptors (Lipinski definition) is 2. The van der Waals surface area contributed by atoms with Crippen LogP contribution in [-0.2, 0) is 21.7 Å². The number of aryl methyl sites for hydroxylation is 1. The van der Waals surface area contributed by atoms with Gasteiger partial charge in [-0.1, -0.05) is 25.5 Å². The Hall–Kier alpha value is -0.450. The van der Waals surface area contributed by atoms with E-state index in [0.717, 1.165) is 18.4 Å². The monoisotopic (exact) mass is 278 g/mol. The molecule has 0 amide bonds. The molecule has 0 aliphatic carbocycles. The first-order valence-electron chi connectivity index (χ1n) is 5.51. The van der Waals surface area contributed by atoms with Gasteiger partial charge in [0.05, 0.1) is 17.4 Å². The molecule has 0 aliphatic rings. The third kappa shape index (κ3) is 5.15. The summed E-state index contributed by atoms with van der Waals surface area (Å²) >= 11 is 3.68. The Bertz CT molecular complexity index is 373. The molecule has 1 aromatic carbocycles. The Kier molecular flexibility index (Phi) is 6.70. The van der Waals surface area contributed by atoms with Gasteiger partial charge in [0, 0.05) is 0 Å². The van der Waals surface area contributed by atoms with E-state index in [1.807, 2.05) is 18.2 Å². The minimum atomic E-state index is -1.62. The van der Waals surface area contributed by atoms with Crippen molar-refractivity contribution >= 4 is 22.7 Å². The molecule has 0 heterocycles. The third-order valence-electron chi connectivity index (χ3n) is 2.15. The van der Waals surface area contributed by atoms with Crippen LogP contribution in [0.3, 0.4) is 0 Å². The molecule has 1 rings (SSSR count). The van der Waals surface area contributed by atoms with Crippen molar-refractivity contribution in [2.24, 2.45) is 0 Å². The van der Waals surface area contributed by atoms with Gasteiger partial charge in [-0.15, -0.1) is 11.6 Å². The zero-order chi connectivity index (χ0) is 12.7. The molecule has 2 nitrogen and oxygen atoms in total. The van der Waals surface area contributed by atoms with Gasteiger partial charge in [0.15, 0.2) is 11.1 Å². The fourth-order valence-electron chi connectivity index (χ4n) is 1.34. The topological polar surface area (TPSA) is 26.3 Å². The highest BCUT2D eigenvalue weighted by molar-refractivity contribution is 7.80. The Labute approximate surface area is 109 Å². The summed E-state index contributed by atoms with van der Waals surface area (Å²) in [5, 5.41) is 0. The van der Waals surface area contributed by atoms with Gasteiger partial charge in [0.1, 0.15) is 6.17 Å². The normalized spacial score (nSPS) is 14.5. The fourth-order valence-corrected chi connectivity index (χ4v) is 2.28. The summed E-state index contributed by atoms with van der Waals surface area (Å²) in [5.74, 6) is -0.146. The van der Waals surface area contributed by atoms with E-state index in [-0.39, 0.29) is 12.5 Å². The molecule has 96 valence electrons. The molecule has 0 bridgehead atoms. The summed E-state index contributed by atoms with van der Waals surface area (Å²) in [6.45, 7) is 1.84. The van der Waals surface area contributed by atoms with Gasteiger partial charge in [-0.2, -0.15) is 0 Å². The van der Waals surface area contributed by atoms with Crippen molar-refractivity contribution in [3.8, 4) is 0 Å². The van der Waals surface area contributed by atoms with Gasteiger partial charge < -0.3 is 0 Å². The van der Waals surface area contributed by atoms with Crippen molar-refractivity contribution < 1.29 is 12.8 Å². The summed E-state index contributed by atoms with van der Waals surface area (Å²) in [5.41, 5.74) is 1.11. The molecular weight excluding hydrogens is 263 g/mol. The SMILES string of the molecule is CCCc1cccc(S(=O)OCC(F)CCl)c1. The Morgan fingerprint density at radius 3 is 2.94 bits per heavy atom. The summed E-state index contributed by atoms with van der Waals surface area (Å²) in [6.07, 6.45) is 0.674. The second-order valence-corrected chi connectivity index (χ2v) is 5.15. The standard InChI is InChI=1S/C12H16ClFO2S/c1-2-4-10-5-3-6-12(7-10)17(15)16-9-11(14)8-13/h3,5-7,11H,2,4,8-9H2,1H3. The second-order valence-electron chi connectivity index (χ2n) is 3.67. The quantitative estimate of drug-likeness (QED) is 0.716. The first-order valence-corrected chi connectivity index (χ1v) is 7.12. The molecule has 0 radical (unpaired) electrons. The lowest BCUT2D eigenvalue weighted by Gasteiger charge is -2.06. The van der Waals surface area contributed by atoms with Gasteiger partial charge in [-0.05, 0) is 24.1 Å². The van der Waals surface area contributed by atoms with Crippen LogP contribution in [0, 0.1) is 0 Å². The van der Waals surface area contributed by atoms with E-state index >= 15 is 0 Å². The lowest BCUT2D eigenvalue weighted by atomic mass is 10.1. The van der Waals surface area contributed by atoms with Crippen LogP contribution in [0.4, 0.5) is 4.39 Å². The van der Waals surface area contributed by atoms with Gasteiger partial charge in [0.2, 0.25) is 0 Å². The lowest BCUT2D eigenvalue weighted by molar-refractivity contribution is 0.228. The van der Waals surface area contributed by atoms with Crippen molar-refractivity contribution in [3.05, 3.63) is 29.8 Å². The number of hydrogen-bond donors (Lipinski definition) is 0. The molecule has 5 heteroatoms. The maximum Gasteiger partial charge on any atom is 0.189 e. The summed E-state index contributed by atoms with van der Waals surface area (Å²) < 4.78 is 29.4. The molecule has 0 saturated heterocycles. The fraction of sp³-hybridized carbons (Fsp3) is 0.500. The summed E-state index contributed by atoms with van der Waals surface area (Å²) in [4.78, 5) is 0.567. The minimum Gasteiger partial charge on any atom is -0.284 e. The van der Waals surface area contributed by atoms with Crippen LogP contribution in [0.2, 0.25) is 0 Å². The molecule has 2 unspecified atom stereocenters. The Balaban J connectivity index is 2.59. The van der Waals surface area contributed by atoms with Crippen LogP contribution < -0.4 is 0 Å². The van der Waals surface area contributed by atoms with Gasteiger partial charge in [-0.3, -0.25) is 4.18 Å². The number of alkyl halides is 2. The van der Waals surface area contributed by atoms with Crippen molar-refractivity contribution in [1.82, 2.24) is 0 Å². The zero-order valence-corrected chi connectivity index (χ0v) is 11.3. The van der Waals surface area contributed by atoms with Crippen molar-refractivity contribution in [2.75, 3.05) is 12.5 Å². The molecule has 1 aromatic rings. The smallest absolute Gasteiger partial charge is 0.189 e. The van der Waals surface area contributed by atoms with E-state index in [9.17, 15) is 8.60 Å². The van der Waals surface area contributed by atoms with E-state index in [1.165, 1.54) is 0 Å². The summed E-state index contributed by atoms with van der Waals surface area (Å²) in [6, 6.07) is 7.34. The molecule has 0 spiro atoms. The predicted octanol–water partition coefficient (Wildman–Crippen LogP) is 3.26. The van der Waals surface area contributed by atoms with Crippen LogP contribution in [0.25, 0.3) is 0 Å². The van der Waals surface area contributed by atoms with Crippen LogP contribution >= 0.6 is 11.6 Å². The van der Waals surface area contributed by atoms with Crippen molar-refractivity contribution in [3.63, 3.8) is 0 Å². The van der Waals surface area contributed by atoms with Gasteiger partial charge in [0.25, 0.3) is 0 Å². The second kappa shape index (κ2) is 7.80. The van der Waals surface area contributed by atoms with E-state index in [1.54, 1.807) is 6.07 Å². The van der Waals surface area contributed by atoms with Gasteiger partial charge in [-0.25, -0.2) is 8.60 Å². The molecule has 0 N–H and O–H groups in total. The molecule has 0 saturated carbocycles. The van der Waals surface area contributed by atoms with E-state index in [4.69, 9.17) is 15.8 Å². The predicted molar refractivity (Wildman–Crippen MR) is 68.4 cm³/mol. The number of halogens is 2. The molecule has 0 aromatic heterocycles. The highest BCUT2D eigenvalue weighted by atomic mass is 35.5. The van der Waals surface area contributed by atoms with E-state index in [2.05, 4.69) is 6.92 Å². The largest absolute Gasteiger partial charge is 0.284 e. The van der Waals surface area contributed by atoms with Gasteiger partial charge >= 0.3 is 0 Å². The van der Waals surface area contributed by atoms with E-state index < -0.39 is 17.3 Å². The Morgan fingerprint density at radius 1 is 1.53 bits per heavy atom. The summed E-state index contributed by atoms with van der Waals surface area (Å²) in [7, 11) is 0. The maximum absolute atomic E-state index is 12.8. The Morgan fingerprint density at radius 2 is 2.29 bits per heavy atom. The third-order valence-corrected chi connectivity index (χ3v) is 3.48. The molecule has 0 fully saturated rings. The van der Waals surface area contributed by atoms with Crippen molar-refractivity contribution in [2.45, 2.75) is 30.8 Å². The van der Waals surface area contributed by atoms with E-state index in [0.29, 0.717) is 4.90 Å². The highest BCUT2D eigenvalue weighted by Gasteiger charge is 2.10. The molecule has 17 heavy (non-hydrogen) atoms. The molecule has 0 aliphatic heterocycles. The highest BCUT2D eigenvalue weighted by Crippen LogP contribution is 2.13. The first-order chi connectivity index (χ1) is 8.17. The minimum absolute atomic E-state index is 0.146. The zero-order valence-electron chi connectivity index (χ0n) is 9.70. The molecular formula is C12H16ClFO2S. The van der Waals surface area contributed by atoms with Crippen LogP contribution in [0.1, 0.15) is 18.9 Å². The van der Waals surface area contributed by atoms with Crippen LogP contribution in [0.15, 0.2) is 29.2 Å². The maximum atomic E-state index is 12.8. The number of rotatable bonds is 7. The first kappa shape index (κ1) is 14.6. The molecule has 2 atom stereocenters. The van der Waals surface area contributed by atoms with Crippen molar-refractivity contribution in [1.29, 1.82) is 0 Å². The average molecular weight is 279 g/mol. The average Bonchev–Trinajstić information content (AvgIpc) is 2.36. The lowest BCUT2D eigenvalue weighted by Crippen LogP contribution is -2.13. The number of benzene rings is 1. The van der Waals surface area contributed by atoms with Crippen LogP contribution in [0.5, 0.6) is 0 Å². The van der Waals surface area contributed by atoms with Crippen LogP contribution in [-0.4, -0.2) is 22.9 Å².